The van der Waals surface area contributed by atoms with Gasteiger partial charge in [-0.3, -0.25) is 4.98 Å². The highest BCUT2D eigenvalue weighted by atomic mass is 16.5. The number of pyridine rings is 1. The number of nitrogens with zero attached hydrogens (tertiary/aromatic N) is 1. The maximum Gasteiger partial charge on any atom is 0.141 e. The molecule has 100 valence electrons. The van der Waals surface area contributed by atoms with Crippen molar-refractivity contribution in [1.82, 2.24) is 10.3 Å². The van der Waals surface area contributed by atoms with Crippen LogP contribution in [0.1, 0.15) is 29.7 Å². The van der Waals surface area contributed by atoms with Gasteiger partial charge in [-0.2, -0.15) is 0 Å². The van der Waals surface area contributed by atoms with Gasteiger partial charge in [-0.05, 0) is 19.8 Å². The van der Waals surface area contributed by atoms with Gasteiger partial charge in [-0.25, -0.2) is 0 Å². The van der Waals surface area contributed by atoms with Gasteiger partial charge in [0.2, 0.25) is 0 Å². The van der Waals surface area contributed by atoms with Crippen LogP contribution in [0, 0.1) is 6.92 Å². The van der Waals surface area contributed by atoms with Crippen LogP contribution in [0.2, 0.25) is 0 Å². The molecule has 2 heterocycles. The molecule has 0 radical (unpaired) electrons. The Labute approximate surface area is 107 Å². The Hall–Kier alpha value is -1.17. The Morgan fingerprint density at radius 3 is 3.06 bits per heavy atom. The monoisotopic (exact) mass is 252 g/mol. The van der Waals surface area contributed by atoms with Crippen LogP contribution in [0.4, 0.5) is 0 Å². The zero-order valence-electron chi connectivity index (χ0n) is 10.6. The fourth-order valence-corrected chi connectivity index (χ4v) is 2.17. The minimum absolute atomic E-state index is 0.112. The van der Waals surface area contributed by atoms with Crippen LogP contribution in [0.3, 0.4) is 0 Å². The summed E-state index contributed by atoms with van der Waals surface area (Å²) in [5, 5.41) is 22.6. The molecule has 1 aliphatic heterocycles. The van der Waals surface area contributed by atoms with E-state index < -0.39 is 0 Å². The van der Waals surface area contributed by atoms with Crippen molar-refractivity contribution in [2.75, 3.05) is 13.2 Å². The van der Waals surface area contributed by atoms with Gasteiger partial charge in [0, 0.05) is 36.5 Å². The van der Waals surface area contributed by atoms with Gasteiger partial charge in [0.1, 0.15) is 5.75 Å². The van der Waals surface area contributed by atoms with E-state index in [1.807, 2.05) is 0 Å². The summed E-state index contributed by atoms with van der Waals surface area (Å²) in [5.41, 5.74) is 1.99. The molecule has 2 rings (SSSR count). The van der Waals surface area contributed by atoms with Crippen LogP contribution in [-0.4, -0.2) is 34.5 Å². The Kier molecular flexibility index (Phi) is 4.52. The second-order valence-corrected chi connectivity index (χ2v) is 4.65. The molecular weight excluding hydrogens is 232 g/mol. The molecule has 1 atom stereocenters. The molecule has 1 aliphatic rings. The second kappa shape index (κ2) is 6.13. The fraction of sp³-hybridized carbons (Fsp3) is 0.615. The van der Waals surface area contributed by atoms with E-state index in [4.69, 9.17) is 4.74 Å². The summed E-state index contributed by atoms with van der Waals surface area (Å²) in [7, 11) is 0. The summed E-state index contributed by atoms with van der Waals surface area (Å²) in [6.07, 6.45) is 3.76. The second-order valence-electron chi connectivity index (χ2n) is 4.65. The van der Waals surface area contributed by atoms with Gasteiger partial charge < -0.3 is 20.3 Å². The van der Waals surface area contributed by atoms with Crippen LogP contribution >= 0.6 is 0 Å². The van der Waals surface area contributed by atoms with Crippen LogP contribution in [0.5, 0.6) is 5.75 Å². The summed E-state index contributed by atoms with van der Waals surface area (Å²) in [4.78, 5) is 4.04. The van der Waals surface area contributed by atoms with E-state index in [-0.39, 0.29) is 12.4 Å². The van der Waals surface area contributed by atoms with E-state index in [0.717, 1.165) is 25.0 Å². The first-order valence-electron chi connectivity index (χ1n) is 6.30. The number of ether oxygens (including phenoxy) is 1. The number of aromatic hydroxyl groups is 1. The van der Waals surface area contributed by atoms with Crippen molar-refractivity contribution in [2.45, 2.75) is 39.0 Å². The first-order chi connectivity index (χ1) is 8.72. The minimum Gasteiger partial charge on any atom is -0.506 e. The number of rotatable bonds is 4. The van der Waals surface area contributed by atoms with E-state index >= 15 is 0 Å². The number of aryl methyl sites for hydroxylation is 1. The van der Waals surface area contributed by atoms with Crippen LogP contribution in [-0.2, 0) is 17.9 Å². The van der Waals surface area contributed by atoms with Gasteiger partial charge in [0.15, 0.2) is 0 Å². The number of hydrogen-bond acceptors (Lipinski definition) is 5. The molecule has 1 unspecified atom stereocenters. The number of aromatic nitrogens is 1. The number of hydrogen-bond donors (Lipinski definition) is 3. The molecule has 1 aromatic rings. The SMILES string of the molecule is Cc1ncc(CO)c(CNC2CCCOC2)c1O. The molecule has 0 aliphatic carbocycles. The quantitative estimate of drug-likeness (QED) is 0.741. The fourth-order valence-electron chi connectivity index (χ4n) is 2.17. The summed E-state index contributed by atoms with van der Waals surface area (Å²) in [6, 6.07) is 0.318. The van der Waals surface area contributed by atoms with Crippen LogP contribution < -0.4 is 5.32 Å². The first-order valence-corrected chi connectivity index (χ1v) is 6.30. The summed E-state index contributed by atoms with van der Waals surface area (Å²) in [6.45, 7) is 3.71. The zero-order valence-corrected chi connectivity index (χ0v) is 10.6. The molecule has 0 spiro atoms. The average molecular weight is 252 g/mol. The van der Waals surface area contributed by atoms with Crippen LogP contribution in [0.15, 0.2) is 6.20 Å². The lowest BCUT2D eigenvalue weighted by Crippen LogP contribution is -2.36. The minimum atomic E-state index is -0.112. The van der Waals surface area contributed by atoms with E-state index in [9.17, 15) is 10.2 Å². The van der Waals surface area contributed by atoms with E-state index in [2.05, 4.69) is 10.3 Å². The molecule has 5 nitrogen and oxygen atoms in total. The molecule has 0 saturated carbocycles. The van der Waals surface area contributed by atoms with Crippen molar-refractivity contribution >= 4 is 0 Å². The highest BCUT2D eigenvalue weighted by Crippen LogP contribution is 2.24. The molecular formula is C13H20N2O3. The van der Waals surface area contributed by atoms with Crippen molar-refractivity contribution in [1.29, 1.82) is 0 Å². The van der Waals surface area contributed by atoms with Crippen molar-refractivity contribution in [2.24, 2.45) is 0 Å². The van der Waals surface area contributed by atoms with Crippen molar-refractivity contribution in [3.63, 3.8) is 0 Å². The summed E-state index contributed by atoms with van der Waals surface area (Å²) in [5.74, 6) is 0.172. The average Bonchev–Trinajstić information content (AvgIpc) is 2.41. The summed E-state index contributed by atoms with van der Waals surface area (Å²) >= 11 is 0. The Balaban J connectivity index is 2.05. The van der Waals surface area contributed by atoms with Crippen LogP contribution in [0.25, 0.3) is 0 Å². The highest BCUT2D eigenvalue weighted by Gasteiger charge is 2.16. The lowest BCUT2D eigenvalue weighted by molar-refractivity contribution is 0.0698. The number of nitrogens with one attached hydrogen (secondary N) is 1. The standard InChI is InChI=1S/C13H20N2O3/c1-9-13(17)12(10(7-16)5-14-9)6-15-11-3-2-4-18-8-11/h5,11,15-17H,2-4,6-8H2,1H3. The Morgan fingerprint density at radius 1 is 1.56 bits per heavy atom. The molecule has 0 aromatic carbocycles. The molecule has 5 heteroatoms. The van der Waals surface area contributed by atoms with Gasteiger partial charge in [-0.15, -0.1) is 0 Å². The largest absolute Gasteiger partial charge is 0.506 e. The third-order valence-corrected chi connectivity index (χ3v) is 3.33. The highest BCUT2D eigenvalue weighted by molar-refractivity contribution is 5.40. The van der Waals surface area contributed by atoms with E-state index in [1.165, 1.54) is 0 Å². The number of aliphatic hydroxyl groups excluding tert-OH is 1. The third-order valence-electron chi connectivity index (χ3n) is 3.33. The van der Waals surface area contributed by atoms with Crippen molar-refractivity contribution < 1.29 is 14.9 Å². The van der Waals surface area contributed by atoms with Gasteiger partial charge in [-0.1, -0.05) is 0 Å². The lowest BCUT2D eigenvalue weighted by Gasteiger charge is -2.24. The molecule has 0 bridgehead atoms. The maximum absolute atomic E-state index is 9.99. The maximum atomic E-state index is 9.99. The van der Waals surface area contributed by atoms with Crippen molar-refractivity contribution in [3.8, 4) is 5.75 Å². The topological polar surface area (TPSA) is 74.6 Å². The van der Waals surface area contributed by atoms with Crippen molar-refractivity contribution in [3.05, 3.63) is 23.0 Å². The lowest BCUT2D eigenvalue weighted by atomic mass is 10.1. The van der Waals surface area contributed by atoms with Gasteiger partial charge in [0.25, 0.3) is 0 Å². The normalized spacial score (nSPS) is 20.0. The molecule has 1 saturated heterocycles. The third kappa shape index (κ3) is 2.98. The zero-order chi connectivity index (χ0) is 13.0. The van der Waals surface area contributed by atoms with E-state index in [0.29, 0.717) is 30.5 Å². The predicted molar refractivity (Wildman–Crippen MR) is 67.2 cm³/mol. The molecule has 3 N–H and O–H groups in total. The Bertz CT molecular complexity index is 403. The molecule has 18 heavy (non-hydrogen) atoms. The number of aliphatic hydroxyl groups is 1. The van der Waals surface area contributed by atoms with E-state index in [1.54, 1.807) is 13.1 Å². The summed E-state index contributed by atoms with van der Waals surface area (Å²) < 4.78 is 5.39. The Morgan fingerprint density at radius 2 is 2.39 bits per heavy atom. The molecule has 1 fully saturated rings. The first kappa shape index (κ1) is 13.3. The molecule has 0 amide bonds. The smallest absolute Gasteiger partial charge is 0.141 e. The van der Waals surface area contributed by atoms with Gasteiger partial charge >= 0.3 is 0 Å². The predicted octanol–water partition coefficient (Wildman–Crippen LogP) is 0.857. The molecule has 1 aromatic heterocycles. The van der Waals surface area contributed by atoms with Gasteiger partial charge in [0.05, 0.1) is 18.9 Å².